The highest BCUT2D eigenvalue weighted by Crippen LogP contribution is 2.33. The molecule has 15 heteroatoms. The van der Waals surface area contributed by atoms with Gasteiger partial charge in [0, 0.05) is 0 Å². The summed E-state index contributed by atoms with van der Waals surface area (Å²) in [6.45, 7) is -2.97. The van der Waals surface area contributed by atoms with Crippen molar-refractivity contribution >= 4 is 5.97 Å². The number of aliphatic hydroxyl groups is 8. The third kappa shape index (κ3) is 4.17. The second kappa shape index (κ2) is 9.61. The number of carboxylic acids is 1. The van der Waals surface area contributed by atoms with Gasteiger partial charge in [-0.05, 0) is 0 Å². The van der Waals surface area contributed by atoms with E-state index in [4.69, 9.17) is 20.9 Å². The highest BCUT2D eigenvalue weighted by Gasteiger charge is 2.58. The van der Waals surface area contributed by atoms with Crippen molar-refractivity contribution in [3.63, 3.8) is 0 Å². The van der Waals surface area contributed by atoms with Crippen LogP contribution in [0.2, 0.25) is 0 Å². The zero-order valence-electron chi connectivity index (χ0n) is 15.7. The average molecular weight is 443 g/mol. The lowest BCUT2D eigenvalue weighted by atomic mass is 9.92. The van der Waals surface area contributed by atoms with Crippen LogP contribution in [0.5, 0.6) is 0 Å². The second-order valence-electron chi connectivity index (χ2n) is 7.32. The minimum atomic E-state index is -2.78. The van der Waals surface area contributed by atoms with Gasteiger partial charge in [-0.25, -0.2) is 9.69 Å². The summed E-state index contributed by atoms with van der Waals surface area (Å²) in [7, 11) is 0. The van der Waals surface area contributed by atoms with Crippen LogP contribution in [0.25, 0.3) is 0 Å². The lowest BCUT2D eigenvalue weighted by Gasteiger charge is -2.54. The smallest absolute Gasteiger partial charge is 0.341 e. The fourth-order valence-electron chi connectivity index (χ4n) is 3.54. The first kappa shape index (κ1) is 25.2. The number of aliphatic carboxylic acids is 1. The molecule has 0 amide bonds. The Morgan fingerprint density at radius 3 is 1.73 bits per heavy atom. The van der Waals surface area contributed by atoms with E-state index in [9.17, 15) is 50.8 Å². The highest BCUT2D eigenvalue weighted by molar-refractivity contribution is 5.78. The molecule has 11 atom stereocenters. The second-order valence-corrected chi connectivity index (χ2v) is 7.32. The maximum absolute atomic E-state index is 11.9. The molecule has 0 bridgehead atoms. The minimum Gasteiger partial charge on any atom is -0.479 e. The van der Waals surface area contributed by atoms with Gasteiger partial charge >= 0.3 is 5.97 Å². The molecule has 0 radical (unpaired) electrons. The fraction of sp³-hybridized carbons (Fsp3) is 0.933. The van der Waals surface area contributed by atoms with E-state index in [2.05, 4.69) is 0 Å². The Kier molecular flexibility index (Phi) is 8.08. The van der Waals surface area contributed by atoms with Crippen molar-refractivity contribution < 1.29 is 60.2 Å². The van der Waals surface area contributed by atoms with Crippen LogP contribution < -0.4 is 11.5 Å². The first-order chi connectivity index (χ1) is 14.0. The van der Waals surface area contributed by atoms with Gasteiger partial charge in [0.05, 0.1) is 25.9 Å². The van der Waals surface area contributed by atoms with Gasteiger partial charge in [0.25, 0.3) is 0 Å². The molecule has 2 saturated heterocycles. The Hall–Kier alpha value is -1.05. The summed E-state index contributed by atoms with van der Waals surface area (Å²) in [4.78, 5) is 12.4. The van der Waals surface area contributed by atoms with Crippen molar-refractivity contribution in [1.29, 1.82) is 0 Å². The van der Waals surface area contributed by atoms with Crippen LogP contribution in [-0.2, 0) is 14.3 Å². The summed E-state index contributed by atoms with van der Waals surface area (Å²) < 4.78 is 10.8. The molecule has 2 fully saturated rings. The van der Waals surface area contributed by atoms with E-state index in [1.807, 2.05) is 0 Å². The molecule has 13 N–H and O–H groups in total. The largest absolute Gasteiger partial charge is 0.479 e. The minimum absolute atomic E-state index is 0.514. The molecule has 2 heterocycles. The van der Waals surface area contributed by atoms with E-state index >= 15 is 0 Å². The molecule has 0 aromatic carbocycles. The average Bonchev–Trinajstić information content (AvgIpc) is 2.73. The van der Waals surface area contributed by atoms with E-state index in [1.54, 1.807) is 0 Å². The van der Waals surface area contributed by atoms with E-state index in [0.29, 0.717) is 4.90 Å². The lowest BCUT2D eigenvalue weighted by Crippen LogP contribution is -2.79. The zero-order chi connectivity index (χ0) is 23.0. The van der Waals surface area contributed by atoms with Gasteiger partial charge in [-0.1, -0.05) is 0 Å². The third-order valence-electron chi connectivity index (χ3n) is 5.44. The number of rotatable bonds is 7. The summed E-state index contributed by atoms with van der Waals surface area (Å²) in [6.07, 6.45) is -15.8. The maximum Gasteiger partial charge on any atom is 0.341 e. The quantitative estimate of drug-likeness (QED) is 0.163. The van der Waals surface area contributed by atoms with Gasteiger partial charge in [0.15, 0.2) is 5.66 Å². The van der Waals surface area contributed by atoms with Crippen LogP contribution in [0.3, 0.4) is 0 Å². The molecule has 0 saturated carbocycles. The first-order valence-electron chi connectivity index (χ1n) is 9.06. The van der Waals surface area contributed by atoms with Crippen molar-refractivity contribution in [2.45, 2.75) is 66.9 Å². The molecule has 2 rings (SSSR count). The Balaban J connectivity index is 2.57. The number of aliphatic hydroxyl groups excluding tert-OH is 8. The van der Waals surface area contributed by atoms with Crippen molar-refractivity contribution in [1.82, 2.24) is 4.90 Å². The molecule has 2 aliphatic rings. The van der Waals surface area contributed by atoms with E-state index in [0.717, 1.165) is 0 Å². The van der Waals surface area contributed by atoms with Gasteiger partial charge in [0.2, 0.25) is 0 Å². The molecular weight excluding hydrogens is 414 g/mol. The normalized spacial score (nSPS) is 44.6. The summed E-state index contributed by atoms with van der Waals surface area (Å²) in [5.74, 6) is -1.85. The topological polar surface area (TPSA) is 273 Å². The molecular formula is C15H29N3O12. The van der Waals surface area contributed by atoms with Crippen LogP contribution in [0.1, 0.15) is 0 Å². The van der Waals surface area contributed by atoms with Crippen LogP contribution in [0.15, 0.2) is 0 Å². The van der Waals surface area contributed by atoms with Crippen LogP contribution >= 0.6 is 0 Å². The Labute approximate surface area is 170 Å². The standard InChI is InChI=1S/C15H29N3O12/c16-6-9(24)7(22)4(1-19)29-12(6)18(15(17,3-21)14(27)28)13-11(26)10(25)8(23)5(2-20)30-13/h4-13,19-26H,1-3,16-17H2,(H,27,28)/t4-,5-,6-,7+,8+,9-,10+,11-,12?,13?,15+/m1/s1. The van der Waals surface area contributed by atoms with Gasteiger partial charge in [-0.2, -0.15) is 0 Å². The lowest BCUT2D eigenvalue weighted by molar-refractivity contribution is -0.326. The highest BCUT2D eigenvalue weighted by atomic mass is 16.6. The number of ether oxygens (including phenoxy) is 2. The van der Waals surface area contributed by atoms with Crippen LogP contribution in [0.4, 0.5) is 0 Å². The number of carboxylic acid groups (broad SMARTS) is 1. The molecule has 0 aliphatic carbocycles. The van der Waals surface area contributed by atoms with Crippen molar-refractivity contribution in [3.05, 3.63) is 0 Å². The molecule has 2 aliphatic heterocycles. The first-order valence-corrected chi connectivity index (χ1v) is 9.06. The third-order valence-corrected chi connectivity index (χ3v) is 5.44. The summed E-state index contributed by atoms with van der Waals surface area (Å²) in [6, 6.07) is -1.59. The summed E-state index contributed by atoms with van der Waals surface area (Å²) in [5.41, 5.74) is 8.94. The monoisotopic (exact) mass is 443 g/mol. The maximum atomic E-state index is 11.9. The molecule has 176 valence electrons. The number of hydrogen-bond donors (Lipinski definition) is 11. The Morgan fingerprint density at radius 1 is 0.833 bits per heavy atom. The molecule has 30 heavy (non-hydrogen) atoms. The predicted molar refractivity (Wildman–Crippen MR) is 93.0 cm³/mol. The van der Waals surface area contributed by atoms with E-state index in [1.165, 1.54) is 0 Å². The van der Waals surface area contributed by atoms with Crippen molar-refractivity contribution in [3.8, 4) is 0 Å². The summed E-state index contributed by atoms with van der Waals surface area (Å²) in [5, 5.41) is 88.9. The van der Waals surface area contributed by atoms with Crippen molar-refractivity contribution in [2.75, 3.05) is 19.8 Å². The molecule has 0 aromatic heterocycles. The van der Waals surface area contributed by atoms with Crippen molar-refractivity contribution in [2.24, 2.45) is 11.5 Å². The number of hydrogen-bond acceptors (Lipinski definition) is 14. The Morgan fingerprint density at radius 2 is 1.30 bits per heavy atom. The fourth-order valence-corrected chi connectivity index (χ4v) is 3.54. The predicted octanol–water partition coefficient (Wildman–Crippen LogP) is -7.41. The molecule has 0 aromatic rings. The Bertz CT molecular complexity index is 561. The number of carbonyl (C=O) groups is 1. The number of nitrogens with two attached hydrogens (primary N) is 2. The summed E-state index contributed by atoms with van der Waals surface area (Å²) >= 11 is 0. The zero-order valence-corrected chi connectivity index (χ0v) is 15.7. The van der Waals surface area contributed by atoms with Gasteiger partial charge < -0.3 is 66.9 Å². The van der Waals surface area contributed by atoms with Gasteiger partial charge in [-0.15, -0.1) is 0 Å². The number of nitrogens with zero attached hydrogens (tertiary/aromatic N) is 1. The van der Waals surface area contributed by atoms with Crippen LogP contribution in [-0.4, -0.2) is 144 Å². The van der Waals surface area contributed by atoms with E-state index in [-0.39, 0.29) is 0 Å². The van der Waals surface area contributed by atoms with E-state index < -0.39 is 92.7 Å². The molecule has 15 nitrogen and oxygen atoms in total. The van der Waals surface area contributed by atoms with Gasteiger partial charge in [-0.3, -0.25) is 0 Å². The molecule has 0 spiro atoms. The SMILES string of the molecule is N[C@H]1C(N(C2O[C@H](CO)[C@H](O)[C@H](O)[C@H]2O)[C@@](N)(CO)C(=O)O)O[C@H](CO)[C@H](O)[C@@H]1O. The van der Waals surface area contributed by atoms with Crippen LogP contribution in [0, 0.1) is 0 Å². The van der Waals surface area contributed by atoms with Gasteiger partial charge in [0.1, 0.15) is 55.2 Å². The molecule has 2 unspecified atom stereocenters.